The quantitative estimate of drug-likeness (QED) is 0.850. The summed E-state index contributed by atoms with van der Waals surface area (Å²) in [5.74, 6) is -0.214. The lowest BCUT2D eigenvalue weighted by atomic mass is 10.1. The number of benzene rings is 1. The molecule has 0 amide bonds. The van der Waals surface area contributed by atoms with Crippen molar-refractivity contribution in [1.82, 2.24) is 4.90 Å². The van der Waals surface area contributed by atoms with Gasteiger partial charge in [-0.1, -0.05) is 6.07 Å². The Labute approximate surface area is 110 Å². The fraction of sp³-hybridized carbons (Fsp3) is 0.538. The normalized spacial score (nSPS) is 24.5. The fourth-order valence-corrected chi connectivity index (χ4v) is 2.77. The topological polar surface area (TPSA) is 12.5 Å². The molecule has 0 N–H and O–H groups in total. The lowest BCUT2D eigenvalue weighted by Gasteiger charge is -2.26. The SMILES string of the molecule is CC1OCCC1N(C)Cc1ccc(F)c(Br)c1. The van der Waals surface area contributed by atoms with E-state index >= 15 is 0 Å². The molecule has 0 aliphatic carbocycles. The van der Waals surface area contributed by atoms with Crippen molar-refractivity contribution in [2.75, 3.05) is 13.7 Å². The van der Waals surface area contributed by atoms with Crippen molar-refractivity contribution in [3.63, 3.8) is 0 Å². The van der Waals surface area contributed by atoms with E-state index in [-0.39, 0.29) is 11.9 Å². The van der Waals surface area contributed by atoms with E-state index in [1.807, 2.05) is 12.1 Å². The highest BCUT2D eigenvalue weighted by Crippen LogP contribution is 2.22. The van der Waals surface area contributed by atoms with Crippen LogP contribution in [-0.4, -0.2) is 30.7 Å². The maximum absolute atomic E-state index is 13.1. The van der Waals surface area contributed by atoms with E-state index < -0.39 is 0 Å². The van der Waals surface area contributed by atoms with Crippen molar-refractivity contribution in [2.24, 2.45) is 0 Å². The first kappa shape index (κ1) is 13.0. The second-order valence-corrected chi connectivity index (χ2v) is 5.45. The minimum absolute atomic E-state index is 0.214. The van der Waals surface area contributed by atoms with Crippen LogP contribution in [0.5, 0.6) is 0 Å². The van der Waals surface area contributed by atoms with Gasteiger partial charge in [0.05, 0.1) is 10.6 Å². The molecule has 2 rings (SSSR count). The molecule has 0 saturated carbocycles. The standard InChI is InChI=1S/C13H17BrFNO/c1-9-13(5-6-17-9)16(2)8-10-3-4-12(15)11(14)7-10/h3-4,7,9,13H,5-6,8H2,1-2H3. The number of hydrogen-bond acceptors (Lipinski definition) is 2. The van der Waals surface area contributed by atoms with E-state index in [0.29, 0.717) is 10.5 Å². The largest absolute Gasteiger partial charge is 0.377 e. The van der Waals surface area contributed by atoms with Gasteiger partial charge in [-0.05, 0) is 54.0 Å². The van der Waals surface area contributed by atoms with Crippen LogP contribution in [-0.2, 0) is 11.3 Å². The molecule has 1 heterocycles. The van der Waals surface area contributed by atoms with E-state index in [0.717, 1.165) is 25.1 Å². The number of ether oxygens (including phenoxy) is 1. The van der Waals surface area contributed by atoms with Gasteiger partial charge in [0.25, 0.3) is 0 Å². The Bertz CT molecular complexity index is 399. The molecule has 4 heteroatoms. The van der Waals surface area contributed by atoms with Crippen molar-refractivity contribution >= 4 is 15.9 Å². The van der Waals surface area contributed by atoms with E-state index in [1.165, 1.54) is 6.07 Å². The third-order valence-corrected chi connectivity index (χ3v) is 3.93. The number of hydrogen-bond donors (Lipinski definition) is 0. The monoisotopic (exact) mass is 301 g/mol. The minimum Gasteiger partial charge on any atom is -0.377 e. The average molecular weight is 302 g/mol. The van der Waals surface area contributed by atoms with Gasteiger partial charge in [0.2, 0.25) is 0 Å². The van der Waals surface area contributed by atoms with Crippen molar-refractivity contribution in [2.45, 2.75) is 32.0 Å². The van der Waals surface area contributed by atoms with Crippen molar-refractivity contribution in [1.29, 1.82) is 0 Å². The summed E-state index contributed by atoms with van der Waals surface area (Å²) < 4.78 is 19.2. The summed E-state index contributed by atoms with van der Waals surface area (Å²) in [6.07, 6.45) is 1.35. The molecule has 17 heavy (non-hydrogen) atoms. The molecule has 0 aromatic heterocycles. The molecule has 94 valence electrons. The predicted molar refractivity (Wildman–Crippen MR) is 69.4 cm³/mol. The Hall–Kier alpha value is -0.450. The Morgan fingerprint density at radius 2 is 2.29 bits per heavy atom. The van der Waals surface area contributed by atoms with Crippen LogP contribution >= 0.6 is 15.9 Å². The van der Waals surface area contributed by atoms with E-state index in [2.05, 4.69) is 34.8 Å². The predicted octanol–water partition coefficient (Wildman–Crippen LogP) is 3.20. The van der Waals surface area contributed by atoms with Gasteiger partial charge < -0.3 is 4.74 Å². The van der Waals surface area contributed by atoms with Crippen molar-refractivity contribution in [3.8, 4) is 0 Å². The highest BCUT2D eigenvalue weighted by Gasteiger charge is 2.27. The average Bonchev–Trinajstić information content (AvgIpc) is 2.70. The van der Waals surface area contributed by atoms with Gasteiger partial charge in [-0.3, -0.25) is 4.90 Å². The van der Waals surface area contributed by atoms with E-state index in [1.54, 1.807) is 0 Å². The molecule has 1 fully saturated rings. The summed E-state index contributed by atoms with van der Waals surface area (Å²) >= 11 is 3.21. The maximum atomic E-state index is 13.1. The van der Waals surface area contributed by atoms with Crippen LogP contribution in [0.3, 0.4) is 0 Å². The Morgan fingerprint density at radius 1 is 1.53 bits per heavy atom. The summed E-state index contributed by atoms with van der Waals surface area (Å²) in [6.45, 7) is 3.76. The van der Waals surface area contributed by atoms with Crippen LogP contribution in [0.25, 0.3) is 0 Å². The molecule has 1 aromatic rings. The summed E-state index contributed by atoms with van der Waals surface area (Å²) in [5.41, 5.74) is 1.11. The van der Waals surface area contributed by atoms with Crippen molar-refractivity contribution in [3.05, 3.63) is 34.1 Å². The lowest BCUT2D eigenvalue weighted by molar-refractivity contribution is 0.0814. The third-order valence-electron chi connectivity index (χ3n) is 3.32. The van der Waals surface area contributed by atoms with Crippen LogP contribution in [0.15, 0.2) is 22.7 Å². The molecule has 1 aliphatic rings. The highest BCUT2D eigenvalue weighted by atomic mass is 79.9. The Kier molecular flexibility index (Phi) is 4.17. The summed E-state index contributed by atoms with van der Waals surface area (Å²) in [5, 5.41) is 0. The molecule has 1 aromatic carbocycles. The number of halogens is 2. The highest BCUT2D eigenvalue weighted by molar-refractivity contribution is 9.10. The lowest BCUT2D eigenvalue weighted by Crippen LogP contribution is -2.36. The number of rotatable bonds is 3. The molecule has 2 nitrogen and oxygen atoms in total. The maximum Gasteiger partial charge on any atom is 0.137 e. The van der Waals surface area contributed by atoms with E-state index in [4.69, 9.17) is 4.74 Å². The first-order chi connectivity index (χ1) is 8.08. The molecular formula is C13H17BrFNO. The van der Waals surface area contributed by atoms with Crippen molar-refractivity contribution < 1.29 is 9.13 Å². The smallest absolute Gasteiger partial charge is 0.137 e. The van der Waals surface area contributed by atoms with Gasteiger partial charge in [-0.2, -0.15) is 0 Å². The van der Waals surface area contributed by atoms with Gasteiger partial charge in [-0.25, -0.2) is 4.39 Å². The van der Waals surface area contributed by atoms with Gasteiger partial charge >= 0.3 is 0 Å². The molecule has 0 spiro atoms. The van der Waals surface area contributed by atoms with Gasteiger partial charge in [0.1, 0.15) is 5.82 Å². The number of likely N-dealkylation sites (N-methyl/N-ethyl adjacent to an activating group) is 1. The molecule has 2 unspecified atom stereocenters. The zero-order chi connectivity index (χ0) is 12.4. The molecule has 0 radical (unpaired) electrons. The molecule has 1 aliphatic heterocycles. The van der Waals surface area contributed by atoms with Crippen LogP contribution in [0, 0.1) is 5.82 Å². The second-order valence-electron chi connectivity index (χ2n) is 4.60. The van der Waals surface area contributed by atoms with Gasteiger partial charge in [0, 0.05) is 19.2 Å². The summed E-state index contributed by atoms with van der Waals surface area (Å²) in [4.78, 5) is 2.28. The zero-order valence-corrected chi connectivity index (χ0v) is 11.7. The summed E-state index contributed by atoms with van der Waals surface area (Å²) in [6, 6.07) is 5.63. The molecular weight excluding hydrogens is 285 g/mol. The first-order valence-electron chi connectivity index (χ1n) is 5.83. The van der Waals surface area contributed by atoms with Gasteiger partial charge in [0.15, 0.2) is 0 Å². The van der Waals surface area contributed by atoms with E-state index in [9.17, 15) is 4.39 Å². The van der Waals surface area contributed by atoms with Crippen LogP contribution in [0.1, 0.15) is 18.9 Å². The van der Waals surface area contributed by atoms with Crippen LogP contribution in [0.4, 0.5) is 4.39 Å². The Morgan fingerprint density at radius 3 is 2.88 bits per heavy atom. The van der Waals surface area contributed by atoms with Gasteiger partial charge in [-0.15, -0.1) is 0 Å². The fourth-order valence-electron chi connectivity index (χ4n) is 2.34. The van der Waals surface area contributed by atoms with Crippen LogP contribution < -0.4 is 0 Å². The Balaban J connectivity index is 2.02. The molecule has 0 bridgehead atoms. The zero-order valence-electron chi connectivity index (χ0n) is 10.1. The third kappa shape index (κ3) is 3.06. The molecule has 1 saturated heterocycles. The first-order valence-corrected chi connectivity index (χ1v) is 6.63. The second kappa shape index (κ2) is 5.46. The van der Waals surface area contributed by atoms with Crippen LogP contribution in [0.2, 0.25) is 0 Å². The minimum atomic E-state index is -0.214. The molecule has 2 atom stereocenters. The summed E-state index contributed by atoms with van der Waals surface area (Å²) in [7, 11) is 2.09. The number of nitrogens with zero attached hydrogens (tertiary/aromatic N) is 1.